The fourth-order valence-corrected chi connectivity index (χ4v) is 2.85. The number of hydrogen-bond acceptors (Lipinski definition) is 6. The number of nitrogens with one attached hydrogen (secondary N) is 1. The van der Waals surface area contributed by atoms with E-state index in [1.54, 1.807) is 20.8 Å². The van der Waals surface area contributed by atoms with Gasteiger partial charge in [0.1, 0.15) is 24.0 Å². The molecule has 1 unspecified atom stereocenters. The molecule has 1 heterocycles. The number of nitrogens with zero attached hydrogens (tertiary/aromatic N) is 1. The van der Waals surface area contributed by atoms with Crippen LogP contribution in [0.1, 0.15) is 32.8 Å². The van der Waals surface area contributed by atoms with Gasteiger partial charge in [0.25, 0.3) is 5.91 Å². The van der Waals surface area contributed by atoms with Crippen molar-refractivity contribution >= 4 is 18.3 Å². The smallest absolute Gasteiger partial charge is 0.417 e. The second-order valence-corrected chi connectivity index (χ2v) is 7.37. The van der Waals surface area contributed by atoms with Gasteiger partial charge in [0, 0.05) is 6.42 Å². The van der Waals surface area contributed by atoms with Crippen molar-refractivity contribution in [3.8, 4) is 0 Å². The summed E-state index contributed by atoms with van der Waals surface area (Å²) in [4.78, 5) is 38.2. The number of aldehydes is 1. The third-order valence-electron chi connectivity index (χ3n) is 4.06. The average molecular weight is 362 g/mol. The molecule has 1 aliphatic heterocycles. The van der Waals surface area contributed by atoms with Gasteiger partial charge in [-0.25, -0.2) is 9.69 Å². The summed E-state index contributed by atoms with van der Waals surface area (Å²) in [5, 5.41) is 12.9. The quantitative estimate of drug-likeness (QED) is 0.766. The molecule has 3 atom stereocenters. The van der Waals surface area contributed by atoms with Crippen LogP contribution < -0.4 is 5.32 Å². The Balaban J connectivity index is 2.29. The Morgan fingerprint density at radius 1 is 1.35 bits per heavy atom. The van der Waals surface area contributed by atoms with Gasteiger partial charge in [-0.1, -0.05) is 30.3 Å². The maximum absolute atomic E-state index is 12.9. The summed E-state index contributed by atoms with van der Waals surface area (Å²) >= 11 is 0. The van der Waals surface area contributed by atoms with Crippen LogP contribution in [0.4, 0.5) is 4.79 Å². The van der Waals surface area contributed by atoms with Crippen molar-refractivity contribution in [3.05, 3.63) is 35.9 Å². The Bertz CT molecular complexity index is 641. The standard InChI is InChI=1S/C19H26N2O5/c1-19(2,3)26-18(25)21(17(24)16-15(23)9-10-20-16)14(12-22)11-13-7-5-4-6-8-13/h4-8,12,14-16,20,23H,9-11H2,1-3H3/t14-,15?,16-/m0/s1. The van der Waals surface area contributed by atoms with E-state index in [0.717, 1.165) is 10.5 Å². The fraction of sp³-hybridized carbons (Fsp3) is 0.526. The zero-order valence-electron chi connectivity index (χ0n) is 15.3. The molecule has 2 amide bonds. The SMILES string of the molecule is CC(C)(C)OC(=O)N(C(=O)[C@H]1NCCC1O)[C@H](C=O)Cc1ccccc1. The lowest BCUT2D eigenvalue weighted by molar-refractivity contribution is -0.138. The van der Waals surface area contributed by atoms with Crippen molar-refractivity contribution in [2.24, 2.45) is 0 Å². The maximum Gasteiger partial charge on any atom is 0.417 e. The third kappa shape index (κ3) is 5.12. The van der Waals surface area contributed by atoms with Gasteiger partial charge in [-0.05, 0) is 39.3 Å². The molecule has 1 aliphatic rings. The summed E-state index contributed by atoms with van der Waals surface area (Å²) in [6.45, 7) is 5.51. The molecule has 142 valence electrons. The molecule has 2 N–H and O–H groups in total. The molecule has 0 saturated carbocycles. The number of ether oxygens (including phenoxy) is 1. The minimum absolute atomic E-state index is 0.179. The van der Waals surface area contributed by atoms with Crippen LogP contribution in [0, 0.1) is 0 Å². The number of amides is 2. The van der Waals surface area contributed by atoms with E-state index in [1.807, 2.05) is 30.3 Å². The van der Waals surface area contributed by atoms with Gasteiger partial charge in [0.15, 0.2) is 0 Å². The van der Waals surface area contributed by atoms with Crippen molar-refractivity contribution in [1.82, 2.24) is 10.2 Å². The summed E-state index contributed by atoms with van der Waals surface area (Å²) < 4.78 is 5.33. The van der Waals surface area contributed by atoms with E-state index in [2.05, 4.69) is 5.32 Å². The summed E-state index contributed by atoms with van der Waals surface area (Å²) in [5.74, 6) is -0.655. The van der Waals surface area contributed by atoms with E-state index in [0.29, 0.717) is 19.3 Å². The van der Waals surface area contributed by atoms with Crippen LogP contribution in [0.2, 0.25) is 0 Å². The Morgan fingerprint density at radius 2 is 2.00 bits per heavy atom. The molecule has 1 aromatic rings. The number of carbonyl (C=O) groups is 3. The molecule has 2 rings (SSSR count). The van der Waals surface area contributed by atoms with Crippen LogP contribution in [0.15, 0.2) is 30.3 Å². The molecule has 0 spiro atoms. The number of carbonyl (C=O) groups excluding carboxylic acids is 3. The molecule has 0 bridgehead atoms. The number of imide groups is 1. The zero-order valence-corrected chi connectivity index (χ0v) is 15.3. The molecule has 1 aromatic carbocycles. The first-order valence-electron chi connectivity index (χ1n) is 8.69. The second kappa shape index (κ2) is 8.42. The first-order chi connectivity index (χ1) is 12.2. The highest BCUT2D eigenvalue weighted by Crippen LogP contribution is 2.18. The highest BCUT2D eigenvalue weighted by molar-refractivity contribution is 5.98. The van der Waals surface area contributed by atoms with Gasteiger partial charge in [-0.3, -0.25) is 4.79 Å². The molecule has 0 radical (unpaired) electrons. The van der Waals surface area contributed by atoms with Crippen LogP contribution in [0.25, 0.3) is 0 Å². The van der Waals surface area contributed by atoms with Crippen molar-refractivity contribution in [1.29, 1.82) is 0 Å². The third-order valence-corrected chi connectivity index (χ3v) is 4.06. The Morgan fingerprint density at radius 3 is 2.50 bits per heavy atom. The van der Waals surface area contributed by atoms with Gasteiger partial charge in [-0.15, -0.1) is 0 Å². The molecule has 1 fully saturated rings. The van der Waals surface area contributed by atoms with Crippen LogP contribution in [0.3, 0.4) is 0 Å². The average Bonchev–Trinajstić information content (AvgIpc) is 2.99. The van der Waals surface area contributed by atoms with Crippen molar-refractivity contribution in [3.63, 3.8) is 0 Å². The minimum Gasteiger partial charge on any atom is -0.443 e. The molecular weight excluding hydrogens is 336 g/mol. The summed E-state index contributed by atoms with van der Waals surface area (Å²) in [6, 6.07) is 7.16. The van der Waals surface area contributed by atoms with E-state index in [4.69, 9.17) is 4.74 Å². The molecule has 7 heteroatoms. The molecule has 0 aliphatic carbocycles. The lowest BCUT2D eigenvalue weighted by atomic mass is 10.0. The Hall–Kier alpha value is -2.25. The number of hydrogen-bond donors (Lipinski definition) is 2. The van der Waals surface area contributed by atoms with Gasteiger partial charge in [0.05, 0.1) is 6.10 Å². The maximum atomic E-state index is 12.9. The summed E-state index contributed by atoms with van der Waals surface area (Å²) in [7, 11) is 0. The predicted octanol–water partition coefficient (Wildman–Crippen LogP) is 1.28. The van der Waals surface area contributed by atoms with Gasteiger partial charge < -0.3 is 20.0 Å². The van der Waals surface area contributed by atoms with Crippen LogP contribution >= 0.6 is 0 Å². The van der Waals surface area contributed by atoms with Crippen molar-refractivity contribution in [2.45, 2.75) is 57.4 Å². The Labute approximate surface area is 153 Å². The van der Waals surface area contributed by atoms with E-state index in [1.165, 1.54) is 0 Å². The molecule has 0 aromatic heterocycles. The number of benzene rings is 1. The van der Waals surface area contributed by atoms with Crippen LogP contribution in [-0.4, -0.2) is 58.6 Å². The van der Waals surface area contributed by atoms with E-state index in [9.17, 15) is 19.5 Å². The highest BCUT2D eigenvalue weighted by atomic mass is 16.6. The fourth-order valence-electron chi connectivity index (χ4n) is 2.85. The van der Waals surface area contributed by atoms with Crippen molar-refractivity contribution in [2.75, 3.05) is 6.54 Å². The molecule has 1 saturated heterocycles. The van der Waals surface area contributed by atoms with E-state index >= 15 is 0 Å². The number of aliphatic hydroxyl groups excluding tert-OH is 1. The van der Waals surface area contributed by atoms with Crippen LogP contribution in [-0.2, 0) is 20.7 Å². The van der Waals surface area contributed by atoms with Gasteiger partial charge in [-0.2, -0.15) is 0 Å². The molecule has 7 nitrogen and oxygen atoms in total. The number of aliphatic hydroxyl groups is 1. The topological polar surface area (TPSA) is 95.9 Å². The predicted molar refractivity (Wildman–Crippen MR) is 95.5 cm³/mol. The number of rotatable bonds is 5. The largest absolute Gasteiger partial charge is 0.443 e. The van der Waals surface area contributed by atoms with E-state index in [-0.39, 0.29) is 6.42 Å². The zero-order chi connectivity index (χ0) is 19.3. The lowest BCUT2D eigenvalue weighted by Crippen LogP contribution is -2.56. The minimum atomic E-state index is -1.02. The lowest BCUT2D eigenvalue weighted by Gasteiger charge is -2.31. The van der Waals surface area contributed by atoms with E-state index < -0.39 is 35.8 Å². The van der Waals surface area contributed by atoms with Crippen LogP contribution in [0.5, 0.6) is 0 Å². The molecule has 26 heavy (non-hydrogen) atoms. The van der Waals surface area contributed by atoms with Gasteiger partial charge in [0.2, 0.25) is 0 Å². The normalized spacial score (nSPS) is 21.1. The first kappa shape index (κ1) is 20.1. The summed E-state index contributed by atoms with van der Waals surface area (Å²) in [5.41, 5.74) is -0.0109. The Kier molecular flexibility index (Phi) is 6.50. The first-order valence-corrected chi connectivity index (χ1v) is 8.69. The molecular formula is C19H26N2O5. The monoisotopic (exact) mass is 362 g/mol. The second-order valence-electron chi connectivity index (χ2n) is 7.37. The highest BCUT2D eigenvalue weighted by Gasteiger charge is 2.41. The van der Waals surface area contributed by atoms with Crippen molar-refractivity contribution < 1.29 is 24.2 Å². The van der Waals surface area contributed by atoms with Gasteiger partial charge >= 0.3 is 6.09 Å². The summed E-state index contributed by atoms with van der Waals surface area (Å²) in [6.07, 6.45) is -0.648.